The van der Waals surface area contributed by atoms with Gasteiger partial charge in [-0.05, 0) is 23.3 Å². The maximum atomic E-state index is 12.4. The van der Waals surface area contributed by atoms with Crippen molar-refractivity contribution >= 4 is 23.6 Å². The summed E-state index contributed by atoms with van der Waals surface area (Å²) in [6.07, 6.45) is 3.29. The Morgan fingerprint density at radius 3 is 2.45 bits per heavy atom. The number of hydrogen-bond acceptors (Lipinski definition) is 2. The van der Waals surface area contributed by atoms with Crippen molar-refractivity contribution in [3.05, 3.63) is 71.8 Å². The van der Waals surface area contributed by atoms with Gasteiger partial charge >= 0.3 is 0 Å². The third kappa shape index (κ3) is 2.63. The summed E-state index contributed by atoms with van der Waals surface area (Å²) in [6.45, 7) is 0.298. The number of hydrogen-bond donors (Lipinski definition) is 1. The molecule has 0 saturated heterocycles. The molecule has 1 heterocycles. The molecular formula is C18H16N2O2. The molecule has 1 atom stereocenters. The van der Waals surface area contributed by atoms with E-state index in [-0.39, 0.29) is 5.91 Å². The van der Waals surface area contributed by atoms with Gasteiger partial charge in [-0.1, -0.05) is 48.5 Å². The highest BCUT2D eigenvalue weighted by Gasteiger charge is 2.34. The minimum absolute atomic E-state index is 0.153. The fourth-order valence-electron chi connectivity index (χ4n) is 2.68. The van der Waals surface area contributed by atoms with E-state index in [1.807, 2.05) is 54.6 Å². The summed E-state index contributed by atoms with van der Waals surface area (Å²) in [6, 6.07) is 17.0. The van der Waals surface area contributed by atoms with E-state index in [4.69, 9.17) is 5.73 Å². The van der Waals surface area contributed by atoms with Crippen LogP contribution in [0, 0.1) is 0 Å². The number of anilines is 1. The van der Waals surface area contributed by atoms with Crippen LogP contribution in [0.1, 0.15) is 17.0 Å². The Hall–Kier alpha value is -2.88. The molecular weight excluding hydrogens is 276 g/mol. The Labute approximate surface area is 128 Å². The molecule has 0 bridgehead atoms. The van der Waals surface area contributed by atoms with Crippen molar-refractivity contribution in [3.8, 4) is 0 Å². The number of nitrogens with two attached hydrogens (primary N) is 1. The average molecular weight is 292 g/mol. The first-order valence-electron chi connectivity index (χ1n) is 7.09. The summed E-state index contributed by atoms with van der Waals surface area (Å²) in [4.78, 5) is 25.6. The van der Waals surface area contributed by atoms with Crippen LogP contribution in [0.2, 0.25) is 0 Å². The number of carbonyl (C=O) groups excluding carboxylic acids is 2. The minimum atomic E-state index is -0.440. The highest BCUT2D eigenvalue weighted by atomic mass is 16.2. The van der Waals surface area contributed by atoms with Gasteiger partial charge in [-0.25, -0.2) is 0 Å². The van der Waals surface area contributed by atoms with Crippen LogP contribution in [0.3, 0.4) is 0 Å². The van der Waals surface area contributed by atoms with Gasteiger partial charge in [0.15, 0.2) is 0 Å². The lowest BCUT2D eigenvalue weighted by Gasteiger charge is -2.15. The fraction of sp³-hybridized carbons (Fsp3) is 0.111. The van der Waals surface area contributed by atoms with Crippen LogP contribution in [0.5, 0.6) is 0 Å². The average Bonchev–Trinajstić information content (AvgIpc) is 2.93. The fourth-order valence-corrected chi connectivity index (χ4v) is 2.68. The molecule has 4 nitrogen and oxygen atoms in total. The van der Waals surface area contributed by atoms with Crippen molar-refractivity contribution < 1.29 is 9.59 Å². The van der Waals surface area contributed by atoms with E-state index >= 15 is 0 Å². The molecule has 2 aromatic carbocycles. The quantitative estimate of drug-likeness (QED) is 0.882. The van der Waals surface area contributed by atoms with Gasteiger partial charge in [0.2, 0.25) is 5.91 Å². The predicted molar refractivity (Wildman–Crippen MR) is 86.2 cm³/mol. The number of para-hydroxylation sites is 1. The molecule has 1 aliphatic rings. The molecule has 2 N–H and O–H groups in total. The number of rotatable bonds is 3. The van der Waals surface area contributed by atoms with E-state index in [2.05, 4.69) is 0 Å². The van der Waals surface area contributed by atoms with Crippen LogP contribution in [0.25, 0.3) is 6.08 Å². The second-order valence-corrected chi connectivity index (χ2v) is 5.21. The molecule has 0 fully saturated rings. The molecule has 0 spiro atoms. The zero-order valence-corrected chi connectivity index (χ0v) is 12.0. The van der Waals surface area contributed by atoms with Gasteiger partial charge in [-0.15, -0.1) is 0 Å². The first-order chi connectivity index (χ1) is 10.7. The molecule has 0 aromatic heterocycles. The zero-order valence-electron chi connectivity index (χ0n) is 12.0. The molecule has 2 aromatic rings. The highest BCUT2D eigenvalue weighted by Crippen LogP contribution is 2.36. The van der Waals surface area contributed by atoms with Crippen LogP contribution in [0.4, 0.5) is 5.69 Å². The number of amides is 2. The SMILES string of the molecule is NC(=O)C1CN(C(=O)C=Cc2ccccc2)c2ccccc21. The van der Waals surface area contributed by atoms with Crippen LogP contribution in [0.15, 0.2) is 60.7 Å². The molecule has 0 radical (unpaired) electrons. The molecule has 1 unspecified atom stereocenters. The van der Waals surface area contributed by atoms with Crippen molar-refractivity contribution in [2.24, 2.45) is 5.73 Å². The largest absolute Gasteiger partial charge is 0.369 e. The van der Waals surface area contributed by atoms with Gasteiger partial charge < -0.3 is 10.6 Å². The van der Waals surface area contributed by atoms with Crippen LogP contribution < -0.4 is 10.6 Å². The second kappa shape index (κ2) is 5.85. The molecule has 3 rings (SSSR count). The van der Waals surface area contributed by atoms with Crippen molar-refractivity contribution in [1.82, 2.24) is 0 Å². The molecule has 0 saturated carbocycles. The summed E-state index contributed by atoms with van der Waals surface area (Å²) in [5.41, 5.74) is 7.97. The van der Waals surface area contributed by atoms with Crippen molar-refractivity contribution in [3.63, 3.8) is 0 Å². The summed E-state index contributed by atoms with van der Waals surface area (Å²) in [5, 5.41) is 0. The van der Waals surface area contributed by atoms with Crippen LogP contribution in [-0.4, -0.2) is 18.4 Å². The van der Waals surface area contributed by atoms with Crippen LogP contribution in [-0.2, 0) is 9.59 Å². The number of nitrogens with zero attached hydrogens (tertiary/aromatic N) is 1. The van der Waals surface area contributed by atoms with Gasteiger partial charge in [0, 0.05) is 18.3 Å². The third-order valence-corrected chi connectivity index (χ3v) is 3.80. The molecule has 2 amide bonds. The van der Waals surface area contributed by atoms with Gasteiger partial charge in [0.05, 0.1) is 5.92 Å². The summed E-state index contributed by atoms with van der Waals surface area (Å²) < 4.78 is 0. The lowest BCUT2D eigenvalue weighted by Crippen LogP contribution is -2.31. The monoisotopic (exact) mass is 292 g/mol. The standard InChI is InChI=1S/C18H16N2O2/c19-18(22)15-12-20(16-9-5-4-8-14(15)16)17(21)11-10-13-6-2-1-3-7-13/h1-11,15H,12H2,(H2,19,22). The maximum Gasteiger partial charge on any atom is 0.251 e. The van der Waals surface area contributed by atoms with Crippen molar-refractivity contribution in [1.29, 1.82) is 0 Å². The van der Waals surface area contributed by atoms with Gasteiger partial charge in [-0.2, -0.15) is 0 Å². The number of carbonyl (C=O) groups is 2. The number of primary amides is 1. The Bertz CT molecular complexity index is 738. The van der Waals surface area contributed by atoms with E-state index in [1.165, 1.54) is 6.08 Å². The number of fused-ring (bicyclic) bond motifs is 1. The minimum Gasteiger partial charge on any atom is -0.369 e. The first kappa shape index (κ1) is 14.1. The van der Waals surface area contributed by atoms with Crippen molar-refractivity contribution in [2.45, 2.75) is 5.92 Å². The van der Waals surface area contributed by atoms with E-state index in [9.17, 15) is 9.59 Å². The summed E-state index contributed by atoms with van der Waals surface area (Å²) >= 11 is 0. The number of benzene rings is 2. The summed E-state index contributed by atoms with van der Waals surface area (Å²) in [7, 11) is 0. The topological polar surface area (TPSA) is 63.4 Å². The first-order valence-corrected chi connectivity index (χ1v) is 7.09. The molecule has 110 valence electrons. The Balaban J connectivity index is 1.85. The van der Waals surface area contributed by atoms with Gasteiger partial charge in [-0.3, -0.25) is 9.59 Å². The Morgan fingerprint density at radius 1 is 1.05 bits per heavy atom. The maximum absolute atomic E-state index is 12.4. The van der Waals surface area contributed by atoms with E-state index in [0.717, 1.165) is 16.8 Å². The molecule has 22 heavy (non-hydrogen) atoms. The van der Waals surface area contributed by atoms with Gasteiger partial charge in [0.25, 0.3) is 5.91 Å². The van der Waals surface area contributed by atoms with Crippen LogP contribution >= 0.6 is 0 Å². The van der Waals surface area contributed by atoms with Crippen molar-refractivity contribution in [2.75, 3.05) is 11.4 Å². The predicted octanol–water partition coefficient (Wildman–Crippen LogP) is 2.32. The highest BCUT2D eigenvalue weighted by molar-refractivity contribution is 6.07. The van der Waals surface area contributed by atoms with E-state index < -0.39 is 11.8 Å². The van der Waals surface area contributed by atoms with E-state index in [0.29, 0.717) is 6.54 Å². The van der Waals surface area contributed by atoms with E-state index in [1.54, 1.807) is 11.0 Å². The van der Waals surface area contributed by atoms with Gasteiger partial charge in [0.1, 0.15) is 0 Å². The molecule has 1 aliphatic heterocycles. The Kier molecular flexibility index (Phi) is 3.74. The lowest BCUT2D eigenvalue weighted by molar-refractivity contribution is -0.119. The molecule has 4 heteroatoms. The second-order valence-electron chi connectivity index (χ2n) is 5.21. The Morgan fingerprint density at radius 2 is 1.73 bits per heavy atom. The summed E-state index contributed by atoms with van der Waals surface area (Å²) in [5.74, 6) is -1.000. The lowest BCUT2D eigenvalue weighted by atomic mass is 10.0. The zero-order chi connectivity index (χ0) is 15.5. The molecule has 0 aliphatic carbocycles. The third-order valence-electron chi connectivity index (χ3n) is 3.80. The normalized spacial score (nSPS) is 16.7. The smallest absolute Gasteiger partial charge is 0.251 e.